The fourth-order valence-electron chi connectivity index (χ4n) is 1.50. The number of carboxylic acids is 1. The van der Waals surface area contributed by atoms with Crippen molar-refractivity contribution in [3.05, 3.63) is 35.9 Å². The lowest BCUT2D eigenvalue weighted by Gasteiger charge is -2.09. The van der Waals surface area contributed by atoms with E-state index >= 15 is 0 Å². The Morgan fingerprint density at radius 3 is 2.56 bits per heavy atom. The molecule has 1 amide bonds. The molecule has 0 heterocycles. The van der Waals surface area contributed by atoms with Crippen molar-refractivity contribution in [1.29, 1.82) is 0 Å². The number of hydrogen-bond donors (Lipinski definition) is 2. The summed E-state index contributed by atoms with van der Waals surface area (Å²) in [6.07, 6.45) is 0.118. The van der Waals surface area contributed by atoms with E-state index in [-0.39, 0.29) is 24.7 Å². The number of hydrogen-bond acceptors (Lipinski definition) is 3. The van der Waals surface area contributed by atoms with Crippen LogP contribution in [-0.4, -0.2) is 17.0 Å². The van der Waals surface area contributed by atoms with E-state index in [2.05, 4.69) is 5.48 Å². The Bertz CT molecular complexity index is 391. The molecule has 0 aliphatic carbocycles. The van der Waals surface area contributed by atoms with E-state index < -0.39 is 5.97 Å². The van der Waals surface area contributed by atoms with Gasteiger partial charge in [-0.05, 0) is 11.5 Å². The maximum Gasteiger partial charge on any atom is 0.303 e. The molecule has 0 fully saturated rings. The van der Waals surface area contributed by atoms with Gasteiger partial charge in [-0.25, -0.2) is 5.48 Å². The SMILES string of the molecule is CC(CC(=O)O)CC(=O)NOCc1ccccc1. The first-order chi connectivity index (χ1) is 8.58. The topological polar surface area (TPSA) is 75.6 Å². The van der Waals surface area contributed by atoms with Gasteiger partial charge in [-0.1, -0.05) is 37.3 Å². The van der Waals surface area contributed by atoms with Crippen LogP contribution >= 0.6 is 0 Å². The average Bonchev–Trinajstić information content (AvgIpc) is 2.29. The standard InChI is InChI=1S/C13H17NO4/c1-10(8-13(16)17)7-12(15)14-18-9-11-5-3-2-4-6-11/h2-6,10H,7-9H2,1H3,(H,14,15)(H,16,17). The number of benzene rings is 1. The van der Waals surface area contributed by atoms with E-state index in [4.69, 9.17) is 9.94 Å². The minimum Gasteiger partial charge on any atom is -0.481 e. The third kappa shape index (κ3) is 6.00. The molecule has 0 aliphatic rings. The van der Waals surface area contributed by atoms with E-state index in [1.54, 1.807) is 6.92 Å². The minimum atomic E-state index is -0.902. The zero-order chi connectivity index (χ0) is 13.4. The summed E-state index contributed by atoms with van der Waals surface area (Å²) in [4.78, 5) is 26.9. The zero-order valence-corrected chi connectivity index (χ0v) is 10.3. The van der Waals surface area contributed by atoms with Crippen LogP contribution in [0, 0.1) is 5.92 Å². The van der Waals surface area contributed by atoms with E-state index in [0.717, 1.165) is 5.56 Å². The zero-order valence-electron chi connectivity index (χ0n) is 10.3. The number of carbonyl (C=O) groups is 2. The van der Waals surface area contributed by atoms with Crippen LogP contribution in [0.3, 0.4) is 0 Å². The van der Waals surface area contributed by atoms with Crippen molar-refractivity contribution >= 4 is 11.9 Å². The highest BCUT2D eigenvalue weighted by Gasteiger charge is 2.12. The minimum absolute atomic E-state index is 0.0217. The van der Waals surface area contributed by atoms with Gasteiger partial charge in [0.15, 0.2) is 0 Å². The fourth-order valence-corrected chi connectivity index (χ4v) is 1.50. The van der Waals surface area contributed by atoms with Gasteiger partial charge in [-0.15, -0.1) is 0 Å². The lowest BCUT2D eigenvalue weighted by Crippen LogP contribution is -2.25. The van der Waals surface area contributed by atoms with E-state index in [9.17, 15) is 9.59 Å². The van der Waals surface area contributed by atoms with Crippen LogP contribution in [0.2, 0.25) is 0 Å². The third-order valence-corrected chi connectivity index (χ3v) is 2.32. The van der Waals surface area contributed by atoms with Gasteiger partial charge in [-0.2, -0.15) is 0 Å². The smallest absolute Gasteiger partial charge is 0.303 e. The predicted molar refractivity (Wildman–Crippen MR) is 65.4 cm³/mol. The molecule has 0 saturated heterocycles. The highest BCUT2D eigenvalue weighted by Crippen LogP contribution is 2.07. The Kier molecular flexibility index (Phi) is 5.87. The molecule has 0 saturated carbocycles. The summed E-state index contributed by atoms with van der Waals surface area (Å²) < 4.78 is 0. The quantitative estimate of drug-likeness (QED) is 0.724. The van der Waals surface area contributed by atoms with Crippen molar-refractivity contribution in [2.75, 3.05) is 0 Å². The largest absolute Gasteiger partial charge is 0.481 e. The van der Waals surface area contributed by atoms with Gasteiger partial charge in [0.1, 0.15) is 0 Å². The van der Waals surface area contributed by atoms with Crippen molar-refractivity contribution in [1.82, 2.24) is 5.48 Å². The van der Waals surface area contributed by atoms with E-state index in [1.165, 1.54) is 0 Å². The van der Waals surface area contributed by atoms with Crippen LogP contribution in [-0.2, 0) is 21.0 Å². The van der Waals surface area contributed by atoms with Gasteiger partial charge in [0.25, 0.3) is 0 Å². The number of carboxylic acid groups (broad SMARTS) is 1. The fraction of sp³-hybridized carbons (Fsp3) is 0.385. The summed E-state index contributed by atoms with van der Waals surface area (Å²) in [6.45, 7) is 2.00. The van der Waals surface area contributed by atoms with Crippen LogP contribution in [0.1, 0.15) is 25.3 Å². The van der Waals surface area contributed by atoms with Crippen LogP contribution in [0.15, 0.2) is 30.3 Å². The number of hydroxylamine groups is 1. The molecule has 18 heavy (non-hydrogen) atoms. The highest BCUT2D eigenvalue weighted by molar-refractivity contribution is 5.76. The van der Waals surface area contributed by atoms with Crippen molar-refractivity contribution in [2.45, 2.75) is 26.4 Å². The van der Waals surface area contributed by atoms with Gasteiger partial charge in [0.05, 0.1) is 6.61 Å². The molecule has 1 unspecified atom stereocenters. The third-order valence-electron chi connectivity index (χ3n) is 2.32. The number of rotatable bonds is 7. The van der Waals surface area contributed by atoms with Crippen LogP contribution < -0.4 is 5.48 Å². The Balaban J connectivity index is 2.19. The molecule has 5 nitrogen and oxygen atoms in total. The first-order valence-corrected chi connectivity index (χ1v) is 5.74. The van der Waals surface area contributed by atoms with E-state index in [0.29, 0.717) is 6.61 Å². The molecule has 0 radical (unpaired) electrons. The molecule has 98 valence electrons. The Hall–Kier alpha value is -1.88. The maximum atomic E-state index is 11.4. The summed E-state index contributed by atoms with van der Waals surface area (Å²) in [6, 6.07) is 9.44. The molecular weight excluding hydrogens is 234 g/mol. The van der Waals surface area contributed by atoms with Crippen LogP contribution in [0.4, 0.5) is 0 Å². The number of amides is 1. The first kappa shape index (κ1) is 14.2. The van der Waals surface area contributed by atoms with Gasteiger partial charge in [0, 0.05) is 12.8 Å². The monoisotopic (exact) mass is 251 g/mol. The lowest BCUT2D eigenvalue weighted by molar-refractivity contribution is -0.139. The molecule has 1 aromatic rings. The molecule has 1 atom stereocenters. The van der Waals surface area contributed by atoms with Crippen molar-refractivity contribution < 1.29 is 19.5 Å². The number of carbonyl (C=O) groups excluding carboxylic acids is 1. The summed E-state index contributed by atoms with van der Waals surface area (Å²) in [5, 5.41) is 8.56. The second-order valence-electron chi connectivity index (χ2n) is 4.21. The average molecular weight is 251 g/mol. The number of aliphatic carboxylic acids is 1. The molecule has 0 aromatic heterocycles. The van der Waals surface area contributed by atoms with Crippen LogP contribution in [0.5, 0.6) is 0 Å². The molecule has 1 aromatic carbocycles. The maximum absolute atomic E-state index is 11.4. The summed E-state index contributed by atoms with van der Waals surface area (Å²) in [7, 11) is 0. The van der Waals surface area contributed by atoms with E-state index in [1.807, 2.05) is 30.3 Å². The molecular formula is C13H17NO4. The first-order valence-electron chi connectivity index (χ1n) is 5.74. The Labute approximate surface area is 106 Å². The second-order valence-corrected chi connectivity index (χ2v) is 4.21. The number of nitrogens with one attached hydrogen (secondary N) is 1. The Morgan fingerprint density at radius 2 is 1.94 bits per heavy atom. The lowest BCUT2D eigenvalue weighted by atomic mass is 10.0. The predicted octanol–water partition coefficient (Wildman–Crippen LogP) is 1.74. The molecule has 0 spiro atoms. The summed E-state index contributed by atoms with van der Waals surface area (Å²) in [5.74, 6) is -1.41. The van der Waals surface area contributed by atoms with Gasteiger partial charge < -0.3 is 5.11 Å². The Morgan fingerprint density at radius 1 is 1.28 bits per heavy atom. The van der Waals surface area contributed by atoms with Crippen molar-refractivity contribution in [3.8, 4) is 0 Å². The highest BCUT2D eigenvalue weighted by atomic mass is 16.6. The summed E-state index contributed by atoms with van der Waals surface area (Å²) in [5.41, 5.74) is 3.26. The van der Waals surface area contributed by atoms with Crippen LogP contribution in [0.25, 0.3) is 0 Å². The molecule has 5 heteroatoms. The normalized spacial score (nSPS) is 11.8. The van der Waals surface area contributed by atoms with Crippen molar-refractivity contribution in [3.63, 3.8) is 0 Å². The molecule has 0 aliphatic heterocycles. The van der Waals surface area contributed by atoms with Gasteiger partial charge >= 0.3 is 5.97 Å². The molecule has 0 bridgehead atoms. The molecule has 2 N–H and O–H groups in total. The van der Waals surface area contributed by atoms with Gasteiger partial charge in [0.2, 0.25) is 5.91 Å². The van der Waals surface area contributed by atoms with Crippen molar-refractivity contribution in [2.24, 2.45) is 5.92 Å². The van der Waals surface area contributed by atoms with Gasteiger partial charge in [-0.3, -0.25) is 14.4 Å². The molecule has 1 rings (SSSR count). The second kappa shape index (κ2) is 7.45. The summed E-state index contributed by atoms with van der Waals surface area (Å²) >= 11 is 0.